The van der Waals surface area contributed by atoms with Crippen molar-refractivity contribution in [3.8, 4) is 0 Å². The molecule has 1 N–H and O–H groups in total. The van der Waals surface area contributed by atoms with E-state index in [1.54, 1.807) is 24.0 Å². The number of hydrogen-bond donors (Lipinski definition) is 1. The summed E-state index contributed by atoms with van der Waals surface area (Å²) in [7, 11) is 1.64. The number of thiazole rings is 1. The minimum atomic E-state index is -0.155. The highest BCUT2D eigenvalue weighted by Gasteiger charge is 2.28. The number of carbonyl (C=O) groups is 1. The molecule has 0 unspecified atom stereocenters. The number of nitrogens with zero attached hydrogens (tertiary/aromatic N) is 1. The van der Waals surface area contributed by atoms with Crippen LogP contribution in [-0.2, 0) is 27.4 Å². The van der Waals surface area contributed by atoms with E-state index in [0.717, 1.165) is 17.0 Å². The Morgan fingerprint density at radius 1 is 1.46 bits per heavy atom. The number of nitrogens with one attached hydrogen (secondary N) is 1. The van der Waals surface area contributed by atoms with Crippen molar-refractivity contribution in [1.29, 1.82) is 0 Å². The molecule has 24 heavy (non-hydrogen) atoms. The summed E-state index contributed by atoms with van der Waals surface area (Å²) in [5.41, 5.74) is 2.70. The van der Waals surface area contributed by atoms with E-state index in [0.29, 0.717) is 31.3 Å². The third-order valence-electron chi connectivity index (χ3n) is 3.71. The molecule has 130 valence electrons. The lowest BCUT2D eigenvalue weighted by atomic mass is 10.1. The van der Waals surface area contributed by atoms with E-state index < -0.39 is 0 Å². The van der Waals surface area contributed by atoms with Gasteiger partial charge >= 0.3 is 0 Å². The quantitative estimate of drug-likeness (QED) is 0.813. The summed E-state index contributed by atoms with van der Waals surface area (Å²) >= 11 is 2.99. The summed E-state index contributed by atoms with van der Waals surface area (Å²) in [5, 5.41) is 5.00. The van der Waals surface area contributed by atoms with E-state index in [9.17, 15) is 4.79 Å². The van der Waals surface area contributed by atoms with E-state index in [1.807, 2.05) is 17.5 Å². The Kier molecular flexibility index (Phi) is 6.33. The highest BCUT2D eigenvalue weighted by molar-refractivity contribution is 7.14. The molecular weight excluding hydrogens is 348 g/mol. The number of aromatic nitrogens is 1. The van der Waals surface area contributed by atoms with Gasteiger partial charge in [0.1, 0.15) is 0 Å². The molecule has 0 aromatic carbocycles. The summed E-state index contributed by atoms with van der Waals surface area (Å²) < 4.78 is 16.5. The van der Waals surface area contributed by atoms with Gasteiger partial charge in [-0.15, -0.1) is 22.7 Å². The van der Waals surface area contributed by atoms with Crippen molar-refractivity contribution in [1.82, 2.24) is 10.3 Å². The number of amides is 1. The molecular formula is C16H20N2O4S2. The van der Waals surface area contributed by atoms with Crippen LogP contribution in [0, 0.1) is 0 Å². The monoisotopic (exact) mass is 368 g/mol. The molecule has 0 saturated carbocycles. The van der Waals surface area contributed by atoms with Gasteiger partial charge in [0, 0.05) is 24.0 Å². The largest absolute Gasteiger partial charge is 0.379 e. The minimum Gasteiger partial charge on any atom is -0.379 e. The molecule has 2 aromatic rings. The molecule has 2 atom stereocenters. The van der Waals surface area contributed by atoms with Crippen molar-refractivity contribution in [2.75, 3.05) is 20.3 Å². The van der Waals surface area contributed by atoms with Gasteiger partial charge in [-0.25, -0.2) is 4.98 Å². The molecule has 1 amide bonds. The van der Waals surface area contributed by atoms with E-state index in [-0.39, 0.29) is 18.1 Å². The average Bonchev–Trinajstić information content (AvgIpc) is 3.26. The second-order valence-corrected chi connectivity index (χ2v) is 7.36. The van der Waals surface area contributed by atoms with Gasteiger partial charge in [-0.3, -0.25) is 4.79 Å². The van der Waals surface area contributed by atoms with E-state index in [1.165, 1.54) is 11.3 Å². The molecule has 2 aromatic heterocycles. The molecule has 1 saturated heterocycles. The highest BCUT2D eigenvalue weighted by atomic mass is 32.1. The van der Waals surface area contributed by atoms with Gasteiger partial charge in [-0.05, 0) is 18.6 Å². The maximum atomic E-state index is 12.4. The Labute approximate surface area is 148 Å². The number of carbonyl (C=O) groups excluding carboxylic acids is 1. The summed E-state index contributed by atoms with van der Waals surface area (Å²) in [5.74, 6) is -0.0971. The van der Waals surface area contributed by atoms with Crippen LogP contribution in [-0.4, -0.2) is 43.4 Å². The van der Waals surface area contributed by atoms with Crippen molar-refractivity contribution in [2.24, 2.45) is 0 Å². The molecule has 1 fully saturated rings. The Bertz CT molecular complexity index is 644. The SMILES string of the molecule is COCc1ccc(C(=O)N[C@@H]2COCC[C@@H]2OCc2cscn2)s1. The van der Waals surface area contributed by atoms with Gasteiger partial charge in [0.25, 0.3) is 5.91 Å². The maximum absolute atomic E-state index is 12.4. The lowest BCUT2D eigenvalue weighted by Gasteiger charge is -2.31. The highest BCUT2D eigenvalue weighted by Crippen LogP contribution is 2.19. The Balaban J connectivity index is 1.56. The van der Waals surface area contributed by atoms with Gasteiger partial charge in [0.05, 0.1) is 48.0 Å². The van der Waals surface area contributed by atoms with Crippen LogP contribution in [0.5, 0.6) is 0 Å². The Hall–Kier alpha value is -1.32. The molecule has 0 radical (unpaired) electrons. The Morgan fingerprint density at radius 3 is 3.17 bits per heavy atom. The average molecular weight is 368 g/mol. The molecule has 0 bridgehead atoms. The third kappa shape index (κ3) is 4.61. The lowest BCUT2D eigenvalue weighted by molar-refractivity contribution is -0.0611. The van der Waals surface area contributed by atoms with Gasteiger partial charge in [0.15, 0.2) is 0 Å². The number of rotatable bonds is 7. The molecule has 0 aliphatic carbocycles. The fourth-order valence-corrected chi connectivity index (χ4v) is 3.94. The molecule has 1 aliphatic heterocycles. The van der Waals surface area contributed by atoms with Gasteiger partial charge < -0.3 is 19.5 Å². The molecule has 3 rings (SSSR count). The number of thiophene rings is 1. The van der Waals surface area contributed by atoms with Crippen LogP contribution in [0.3, 0.4) is 0 Å². The van der Waals surface area contributed by atoms with Crippen molar-refractivity contribution >= 4 is 28.6 Å². The zero-order valence-electron chi connectivity index (χ0n) is 13.4. The van der Waals surface area contributed by atoms with Crippen molar-refractivity contribution in [2.45, 2.75) is 31.8 Å². The van der Waals surface area contributed by atoms with Crippen LogP contribution in [0.2, 0.25) is 0 Å². The number of ether oxygens (including phenoxy) is 3. The molecule has 1 aliphatic rings. The summed E-state index contributed by atoms with van der Waals surface area (Å²) in [6.07, 6.45) is 0.692. The lowest BCUT2D eigenvalue weighted by Crippen LogP contribution is -2.50. The van der Waals surface area contributed by atoms with Crippen molar-refractivity contribution in [3.63, 3.8) is 0 Å². The smallest absolute Gasteiger partial charge is 0.261 e. The maximum Gasteiger partial charge on any atom is 0.261 e. The van der Waals surface area contributed by atoms with Crippen molar-refractivity contribution in [3.05, 3.63) is 38.5 Å². The fraction of sp³-hybridized carbons (Fsp3) is 0.500. The van der Waals surface area contributed by atoms with E-state index in [4.69, 9.17) is 14.2 Å². The van der Waals surface area contributed by atoms with E-state index in [2.05, 4.69) is 10.3 Å². The topological polar surface area (TPSA) is 69.7 Å². The fourth-order valence-electron chi connectivity index (χ4n) is 2.51. The van der Waals surface area contributed by atoms with Crippen LogP contribution >= 0.6 is 22.7 Å². The number of methoxy groups -OCH3 is 1. The summed E-state index contributed by atoms with van der Waals surface area (Å²) in [4.78, 5) is 18.4. The first-order valence-electron chi connectivity index (χ1n) is 7.71. The Morgan fingerprint density at radius 2 is 2.38 bits per heavy atom. The van der Waals surface area contributed by atoms with Crippen LogP contribution in [0.25, 0.3) is 0 Å². The predicted octanol–water partition coefficient (Wildman–Crippen LogP) is 2.46. The first kappa shape index (κ1) is 17.5. The second-order valence-electron chi connectivity index (χ2n) is 5.47. The minimum absolute atomic E-state index is 0.0668. The van der Waals surface area contributed by atoms with E-state index >= 15 is 0 Å². The van der Waals surface area contributed by atoms with Crippen LogP contribution in [0.4, 0.5) is 0 Å². The van der Waals surface area contributed by atoms with Gasteiger partial charge in [-0.1, -0.05) is 0 Å². The zero-order valence-corrected chi connectivity index (χ0v) is 15.0. The zero-order chi connectivity index (χ0) is 16.8. The number of hydrogen-bond acceptors (Lipinski definition) is 7. The molecule has 6 nitrogen and oxygen atoms in total. The second kappa shape index (κ2) is 8.68. The standard InChI is InChI=1S/C16H20N2O4S2/c1-20-7-12-2-3-15(24-12)16(19)18-13-8-21-5-4-14(13)22-6-11-9-23-10-17-11/h2-3,9-10,13-14H,4-8H2,1H3,(H,18,19)/t13-,14+/m1/s1. The molecule has 0 spiro atoms. The molecule has 8 heteroatoms. The van der Waals surface area contributed by atoms with Crippen LogP contribution in [0.1, 0.15) is 26.7 Å². The normalized spacial score (nSPS) is 20.9. The molecule has 3 heterocycles. The summed E-state index contributed by atoms with van der Waals surface area (Å²) in [6.45, 7) is 2.08. The first-order chi connectivity index (χ1) is 11.8. The van der Waals surface area contributed by atoms with Crippen LogP contribution in [0.15, 0.2) is 23.0 Å². The summed E-state index contributed by atoms with van der Waals surface area (Å²) in [6, 6.07) is 3.58. The van der Waals surface area contributed by atoms with Crippen molar-refractivity contribution < 1.29 is 19.0 Å². The van der Waals surface area contributed by atoms with Gasteiger partial charge in [-0.2, -0.15) is 0 Å². The van der Waals surface area contributed by atoms with Gasteiger partial charge in [0.2, 0.25) is 0 Å². The first-order valence-corrected chi connectivity index (χ1v) is 9.47. The van der Waals surface area contributed by atoms with Crippen LogP contribution < -0.4 is 5.32 Å². The third-order valence-corrected chi connectivity index (χ3v) is 5.40. The predicted molar refractivity (Wildman–Crippen MR) is 92.4 cm³/mol.